The minimum Gasteiger partial charge on any atom is -0.356 e. The lowest BCUT2D eigenvalue weighted by Gasteiger charge is -2.18. The molecule has 0 radical (unpaired) electrons. The van der Waals surface area contributed by atoms with Crippen molar-refractivity contribution < 1.29 is 28.8 Å². The quantitative estimate of drug-likeness (QED) is 0.0415. The second kappa shape index (κ2) is 35.6. The summed E-state index contributed by atoms with van der Waals surface area (Å²) in [5.74, 6) is -3.79. The largest absolute Gasteiger partial charge is 0.356 e. The first-order valence-electron chi connectivity index (χ1n) is 33.1. The second-order valence-corrected chi connectivity index (χ2v) is 24.9. The van der Waals surface area contributed by atoms with Gasteiger partial charge in [0.05, 0.1) is 23.7 Å². The van der Waals surface area contributed by atoms with Crippen molar-refractivity contribution in [3.63, 3.8) is 0 Å². The van der Waals surface area contributed by atoms with Gasteiger partial charge in [-0.25, -0.2) is 0 Å². The van der Waals surface area contributed by atoms with Gasteiger partial charge in [0.25, 0.3) is 11.8 Å². The fourth-order valence-corrected chi connectivity index (χ4v) is 12.9. The first kappa shape index (κ1) is 64.0. The molecule has 7 rings (SSSR count). The van der Waals surface area contributed by atoms with E-state index in [-0.39, 0.29) is 85.5 Å². The fraction of sp³-hybridized carbons (Fsp3) is 0.657. The number of benzene rings is 3. The Kier molecular flexibility index (Phi) is 27.8. The zero-order valence-corrected chi connectivity index (χ0v) is 50.5. The Morgan fingerprint density at radius 3 is 0.915 bits per heavy atom. The number of hydrogen-bond acceptors (Lipinski definition) is 6. The van der Waals surface area contributed by atoms with E-state index in [1.165, 1.54) is 152 Å². The molecule has 4 fully saturated rings. The number of amides is 6. The van der Waals surface area contributed by atoms with Crippen LogP contribution in [0.1, 0.15) is 250 Å². The highest BCUT2D eigenvalue weighted by Gasteiger charge is 2.49. The highest BCUT2D eigenvalue weighted by atomic mass is 16.2. The predicted octanol–water partition coefficient (Wildman–Crippen LogP) is 13.6. The molecule has 4 N–H and O–H groups in total. The number of carbonyl (C=O) groups is 6. The molecule has 450 valence electrons. The maximum Gasteiger partial charge on any atom is 0.253 e. The fourth-order valence-electron chi connectivity index (χ4n) is 12.9. The summed E-state index contributed by atoms with van der Waals surface area (Å²) in [7, 11) is 0. The molecule has 3 aromatic carbocycles. The lowest BCUT2D eigenvalue weighted by molar-refractivity contribution is -0.133. The van der Waals surface area contributed by atoms with E-state index in [1.54, 1.807) is 34.1 Å². The first-order valence-corrected chi connectivity index (χ1v) is 33.1. The molecule has 2 aliphatic heterocycles. The van der Waals surface area contributed by atoms with Crippen molar-refractivity contribution in [2.75, 3.05) is 39.3 Å². The van der Waals surface area contributed by atoms with E-state index in [1.807, 2.05) is 36.4 Å². The summed E-state index contributed by atoms with van der Waals surface area (Å²) in [6.45, 7) is 6.06. The Morgan fingerprint density at radius 2 is 0.622 bits per heavy atom. The van der Waals surface area contributed by atoms with Gasteiger partial charge in [0.15, 0.2) is 0 Å². The second-order valence-electron chi connectivity index (χ2n) is 24.9. The van der Waals surface area contributed by atoms with Crippen molar-refractivity contribution in [2.45, 2.75) is 230 Å². The molecular formula is C70H104N6O6. The number of rotatable bonds is 40. The highest BCUT2D eigenvalue weighted by molar-refractivity contribution is 6.00. The molecule has 2 saturated carbocycles. The third-order valence-electron chi connectivity index (χ3n) is 18.3. The Hall–Kier alpha value is -5.52. The molecule has 6 amide bonds. The van der Waals surface area contributed by atoms with E-state index >= 15 is 0 Å². The van der Waals surface area contributed by atoms with E-state index in [9.17, 15) is 28.8 Å². The first-order chi connectivity index (χ1) is 40.2. The molecule has 2 heterocycles. The van der Waals surface area contributed by atoms with Gasteiger partial charge in [-0.15, -0.1) is 0 Å². The Bertz CT molecular complexity index is 2250. The van der Waals surface area contributed by atoms with Gasteiger partial charge in [-0.1, -0.05) is 241 Å². The molecule has 2 aliphatic carbocycles. The highest BCUT2D eigenvalue weighted by Crippen LogP contribution is 2.43. The van der Waals surface area contributed by atoms with Crippen LogP contribution in [0.5, 0.6) is 0 Å². The van der Waals surface area contributed by atoms with Crippen molar-refractivity contribution in [2.24, 2.45) is 23.7 Å². The van der Waals surface area contributed by atoms with Gasteiger partial charge in [0.2, 0.25) is 23.6 Å². The third kappa shape index (κ3) is 21.0. The van der Waals surface area contributed by atoms with Crippen molar-refractivity contribution in [3.05, 3.63) is 107 Å². The average Bonchev–Trinajstić information content (AvgIpc) is 4.24. The molecule has 2 saturated heterocycles. The maximum absolute atomic E-state index is 14.3. The normalized spacial score (nSPS) is 21.7. The van der Waals surface area contributed by atoms with Gasteiger partial charge in [-0.2, -0.15) is 0 Å². The Labute approximate surface area is 493 Å². The summed E-state index contributed by atoms with van der Waals surface area (Å²) in [4.78, 5) is 87.7. The van der Waals surface area contributed by atoms with Crippen molar-refractivity contribution in [1.82, 2.24) is 31.1 Å². The standard InChI is InChI=1S/C70H104N6O6/c1-3-5-7-9-11-13-15-17-19-21-23-25-27-35-45-71-65(77)59-49-75(50-60(59)66(78)72-46-36-28-26-24-22-20-18-16-14-12-10-8-6-4-2)69(81)55-41-43-56(44-42-55)70(82)76-51-61(67(79)73-63-47-57(63)53-37-31-29-32-38-53)62(52-76)68(80)74-64-48-58(64)54-39-33-30-34-40-54/h29-34,37-44,57-64H,3-28,35-36,45-52H2,1-2H3,(H,71,77)(H,72,78)(H,73,79)(H,74,80)/t57-,58-,59-,60-,61-,62-,63+,64+/m1/s1. The van der Waals surface area contributed by atoms with Crippen LogP contribution in [0.25, 0.3) is 0 Å². The molecule has 12 heteroatoms. The molecule has 3 aromatic rings. The number of hydrogen-bond donors (Lipinski definition) is 4. The van der Waals surface area contributed by atoms with Gasteiger partial charge in [0, 0.05) is 74.3 Å². The lowest BCUT2D eigenvalue weighted by Crippen LogP contribution is -2.43. The molecule has 82 heavy (non-hydrogen) atoms. The van der Waals surface area contributed by atoms with Crippen molar-refractivity contribution >= 4 is 35.4 Å². The maximum atomic E-state index is 14.3. The summed E-state index contributed by atoms with van der Waals surface area (Å²) in [5.41, 5.74) is 3.04. The van der Waals surface area contributed by atoms with Crippen LogP contribution in [0.3, 0.4) is 0 Å². The number of likely N-dealkylation sites (tertiary alicyclic amines) is 2. The molecular weight excluding hydrogens is 1020 g/mol. The van der Waals surface area contributed by atoms with Gasteiger partial charge in [0.1, 0.15) is 0 Å². The van der Waals surface area contributed by atoms with E-state index in [0.717, 1.165) is 51.4 Å². The number of nitrogens with one attached hydrogen (secondary N) is 4. The summed E-state index contributed by atoms with van der Waals surface area (Å²) in [6.07, 6.45) is 36.9. The van der Waals surface area contributed by atoms with Crippen LogP contribution in [0.4, 0.5) is 0 Å². The van der Waals surface area contributed by atoms with E-state index in [0.29, 0.717) is 24.2 Å². The van der Waals surface area contributed by atoms with Gasteiger partial charge >= 0.3 is 0 Å². The number of nitrogens with zero attached hydrogens (tertiary/aromatic N) is 2. The summed E-state index contributed by atoms with van der Waals surface area (Å²) in [6, 6.07) is 26.7. The smallest absolute Gasteiger partial charge is 0.253 e. The van der Waals surface area contributed by atoms with Crippen LogP contribution in [0.15, 0.2) is 84.9 Å². The van der Waals surface area contributed by atoms with Crippen LogP contribution in [-0.4, -0.2) is 96.6 Å². The molecule has 0 unspecified atom stereocenters. The molecule has 8 atom stereocenters. The minimum atomic E-state index is -0.723. The molecule has 12 nitrogen and oxygen atoms in total. The van der Waals surface area contributed by atoms with E-state index in [2.05, 4.69) is 59.4 Å². The number of carbonyl (C=O) groups excluding carboxylic acids is 6. The summed E-state index contributed by atoms with van der Waals surface area (Å²) < 4.78 is 0. The lowest BCUT2D eigenvalue weighted by atomic mass is 9.94. The van der Waals surface area contributed by atoms with Crippen LogP contribution in [0, 0.1) is 23.7 Å². The van der Waals surface area contributed by atoms with E-state index in [4.69, 9.17) is 0 Å². The van der Waals surface area contributed by atoms with Gasteiger partial charge < -0.3 is 31.1 Å². The Balaban J connectivity index is 0.892. The van der Waals surface area contributed by atoms with Crippen LogP contribution < -0.4 is 21.3 Å². The van der Waals surface area contributed by atoms with Crippen LogP contribution in [-0.2, 0) is 19.2 Å². The molecule has 0 aromatic heterocycles. The molecule has 0 spiro atoms. The average molecular weight is 1130 g/mol. The van der Waals surface area contributed by atoms with Crippen LogP contribution >= 0.6 is 0 Å². The summed E-state index contributed by atoms with van der Waals surface area (Å²) >= 11 is 0. The Morgan fingerprint density at radius 1 is 0.354 bits per heavy atom. The van der Waals surface area contributed by atoms with E-state index < -0.39 is 23.7 Å². The van der Waals surface area contributed by atoms with Crippen molar-refractivity contribution in [3.8, 4) is 0 Å². The zero-order valence-electron chi connectivity index (χ0n) is 50.5. The summed E-state index contributed by atoms with van der Waals surface area (Å²) in [5, 5.41) is 12.7. The monoisotopic (exact) mass is 1120 g/mol. The number of unbranched alkanes of at least 4 members (excludes halogenated alkanes) is 26. The SMILES string of the molecule is CCCCCCCCCCCCCCCCNC(=O)[C@@H]1CN(C(=O)c2ccc(C(=O)N3C[C@@H](C(=O)N[C@H]4C[C@@H]4c4ccccc4)[C@H](C(=O)N[C@H]4C[C@@H]4c4ccccc4)C3)cc2)C[C@H]1C(=O)NCCCCCCCCCCCCCCCC. The van der Waals surface area contributed by atoms with Crippen molar-refractivity contribution in [1.29, 1.82) is 0 Å². The topological polar surface area (TPSA) is 157 Å². The minimum absolute atomic E-state index is 0.0261. The predicted molar refractivity (Wildman–Crippen MR) is 330 cm³/mol. The van der Waals surface area contributed by atoms with Gasteiger partial charge in [-0.05, 0) is 61.1 Å². The molecule has 0 bridgehead atoms. The van der Waals surface area contributed by atoms with Crippen LogP contribution in [0.2, 0.25) is 0 Å². The third-order valence-corrected chi connectivity index (χ3v) is 18.3. The molecule has 4 aliphatic rings. The van der Waals surface area contributed by atoms with Gasteiger partial charge in [-0.3, -0.25) is 28.8 Å². The zero-order chi connectivity index (χ0) is 57.7.